The first-order valence-electron chi connectivity index (χ1n) is 8.96. The van der Waals surface area contributed by atoms with E-state index in [1.807, 2.05) is 27.7 Å². The molecule has 1 N–H and O–H groups in total. The zero-order valence-corrected chi connectivity index (χ0v) is 15.0. The largest absolute Gasteiger partial charge is 0.358 e. The number of hydrogen-bond donors (Lipinski definition) is 1. The average molecular weight is 300 g/mol. The average Bonchev–Trinajstić information content (AvgIpc) is 2.60. The summed E-state index contributed by atoms with van der Waals surface area (Å²) in [4.78, 5) is 16.2. The van der Waals surface area contributed by atoms with Crippen molar-refractivity contribution < 1.29 is 4.79 Å². The third kappa shape index (κ3) is 7.82. The Morgan fingerprint density at radius 2 is 1.48 bits per heavy atom. The molecule has 1 amide bonds. The van der Waals surface area contributed by atoms with Crippen molar-refractivity contribution in [3.8, 4) is 0 Å². The van der Waals surface area contributed by atoms with E-state index >= 15 is 0 Å². The van der Waals surface area contributed by atoms with Gasteiger partial charge in [0.1, 0.15) is 0 Å². The molecule has 0 saturated carbocycles. The lowest BCUT2D eigenvalue weighted by Crippen LogP contribution is -2.48. The predicted octanol–water partition coefficient (Wildman–Crippen LogP) is 2.74. The molecule has 0 aromatic heterocycles. The first-order chi connectivity index (χ1) is 10.3. The molecule has 0 aromatic rings. The fourth-order valence-electron chi connectivity index (χ4n) is 3.01. The van der Waals surface area contributed by atoms with Gasteiger partial charge in [0.2, 0.25) is 5.91 Å². The molecule has 4 heteroatoms. The van der Waals surface area contributed by atoms with E-state index in [2.05, 4.69) is 15.1 Å². The molecular formula is C17H37N3O. The number of hydrogen-bond acceptors (Lipinski definition) is 3. The maximum absolute atomic E-state index is 11.3. The number of carbonyl (C=O) groups excluding carboxylic acids is 1. The number of rotatable bonds is 3. The van der Waals surface area contributed by atoms with E-state index in [1.165, 1.54) is 45.2 Å². The number of piperidine rings is 2. The van der Waals surface area contributed by atoms with E-state index in [1.54, 1.807) is 7.05 Å². The van der Waals surface area contributed by atoms with Crippen molar-refractivity contribution in [1.29, 1.82) is 0 Å². The van der Waals surface area contributed by atoms with E-state index in [0.29, 0.717) is 6.54 Å². The van der Waals surface area contributed by atoms with Gasteiger partial charge < -0.3 is 10.2 Å². The van der Waals surface area contributed by atoms with Gasteiger partial charge in [0.05, 0.1) is 6.54 Å². The highest BCUT2D eigenvalue weighted by Gasteiger charge is 2.25. The molecule has 2 fully saturated rings. The summed E-state index contributed by atoms with van der Waals surface area (Å²) < 4.78 is 0. The van der Waals surface area contributed by atoms with Crippen LogP contribution in [0.1, 0.15) is 59.8 Å². The van der Waals surface area contributed by atoms with Crippen LogP contribution in [0.5, 0.6) is 0 Å². The first-order valence-corrected chi connectivity index (χ1v) is 8.96. The van der Waals surface area contributed by atoms with Crippen LogP contribution in [0.25, 0.3) is 0 Å². The minimum atomic E-state index is 0.140. The zero-order chi connectivity index (χ0) is 16.1. The van der Waals surface area contributed by atoms with Crippen LogP contribution in [0, 0.1) is 0 Å². The van der Waals surface area contributed by atoms with Crippen LogP contribution in [-0.4, -0.2) is 61.5 Å². The quantitative estimate of drug-likeness (QED) is 0.870. The maximum Gasteiger partial charge on any atom is 0.233 e. The minimum absolute atomic E-state index is 0.140. The van der Waals surface area contributed by atoms with Gasteiger partial charge in [-0.3, -0.25) is 9.69 Å². The molecule has 0 aliphatic carbocycles. The Kier molecular flexibility index (Phi) is 12.7. The van der Waals surface area contributed by atoms with Gasteiger partial charge in [-0.1, -0.05) is 34.1 Å². The second-order valence-electron chi connectivity index (χ2n) is 5.28. The fraction of sp³-hybridized carbons (Fsp3) is 0.941. The number of likely N-dealkylation sites (tertiary alicyclic amines) is 2. The number of nitrogens with one attached hydrogen (secondary N) is 1. The van der Waals surface area contributed by atoms with Gasteiger partial charge in [-0.25, -0.2) is 0 Å². The van der Waals surface area contributed by atoms with Crippen molar-refractivity contribution in [3.63, 3.8) is 0 Å². The molecule has 2 aliphatic rings. The van der Waals surface area contributed by atoms with Crippen LogP contribution >= 0.6 is 0 Å². The van der Waals surface area contributed by atoms with Gasteiger partial charge in [-0.05, 0) is 38.8 Å². The Morgan fingerprint density at radius 3 is 1.95 bits per heavy atom. The van der Waals surface area contributed by atoms with Crippen molar-refractivity contribution >= 4 is 5.91 Å². The molecule has 0 aromatic carbocycles. The van der Waals surface area contributed by atoms with Crippen LogP contribution < -0.4 is 5.32 Å². The molecule has 0 atom stereocenters. The predicted molar refractivity (Wildman–Crippen MR) is 91.6 cm³/mol. The number of likely N-dealkylation sites (N-methyl/N-ethyl adjacent to an activating group) is 1. The van der Waals surface area contributed by atoms with Gasteiger partial charge in [-0.2, -0.15) is 0 Å². The lowest BCUT2D eigenvalue weighted by atomic mass is 10.00. The second kappa shape index (κ2) is 13.1. The van der Waals surface area contributed by atoms with Crippen LogP contribution in [0.15, 0.2) is 0 Å². The molecule has 2 rings (SSSR count). The second-order valence-corrected chi connectivity index (χ2v) is 5.28. The fourth-order valence-corrected chi connectivity index (χ4v) is 3.01. The maximum atomic E-state index is 11.3. The summed E-state index contributed by atoms with van der Waals surface area (Å²) in [7, 11) is 1.71. The molecule has 0 radical (unpaired) electrons. The lowest BCUT2D eigenvalue weighted by molar-refractivity contribution is -0.122. The number of carbonyl (C=O) groups is 1. The third-order valence-corrected chi connectivity index (χ3v) is 4.11. The standard InChI is InChI=1S/C13H25N3O.2C2H6/c1-14-13(17)11-15-9-5-12(6-10-15)16-7-3-2-4-8-16;2*1-2/h12H,2-11H2,1H3,(H,14,17);2*1-2H3. The summed E-state index contributed by atoms with van der Waals surface area (Å²) in [5.74, 6) is 0.140. The highest BCUT2D eigenvalue weighted by atomic mass is 16.1. The monoisotopic (exact) mass is 299 g/mol. The Hall–Kier alpha value is -0.610. The van der Waals surface area contributed by atoms with Gasteiger partial charge in [0, 0.05) is 26.2 Å². The Morgan fingerprint density at radius 1 is 0.952 bits per heavy atom. The van der Waals surface area contributed by atoms with Crippen molar-refractivity contribution in [2.24, 2.45) is 0 Å². The molecule has 0 bridgehead atoms. The van der Waals surface area contributed by atoms with E-state index < -0.39 is 0 Å². The highest BCUT2D eigenvalue weighted by molar-refractivity contribution is 5.77. The summed E-state index contributed by atoms with van der Waals surface area (Å²) in [6.45, 7) is 13.3. The molecule has 2 aliphatic heterocycles. The summed E-state index contributed by atoms with van der Waals surface area (Å²) in [6, 6.07) is 0.774. The summed E-state index contributed by atoms with van der Waals surface area (Å²) in [5.41, 5.74) is 0. The van der Waals surface area contributed by atoms with E-state index in [0.717, 1.165) is 19.1 Å². The van der Waals surface area contributed by atoms with Gasteiger partial charge in [0.15, 0.2) is 0 Å². The van der Waals surface area contributed by atoms with E-state index in [-0.39, 0.29) is 5.91 Å². The van der Waals surface area contributed by atoms with Gasteiger partial charge in [-0.15, -0.1) is 0 Å². The van der Waals surface area contributed by atoms with Crippen molar-refractivity contribution in [3.05, 3.63) is 0 Å². The third-order valence-electron chi connectivity index (χ3n) is 4.11. The molecule has 2 heterocycles. The van der Waals surface area contributed by atoms with Crippen molar-refractivity contribution in [2.45, 2.75) is 65.8 Å². The minimum Gasteiger partial charge on any atom is -0.358 e. The van der Waals surface area contributed by atoms with Crippen molar-refractivity contribution in [2.75, 3.05) is 39.8 Å². The van der Waals surface area contributed by atoms with Gasteiger partial charge in [0.25, 0.3) is 0 Å². The summed E-state index contributed by atoms with van der Waals surface area (Å²) in [6.07, 6.45) is 6.62. The Bertz CT molecular complexity index is 244. The molecule has 126 valence electrons. The lowest BCUT2D eigenvalue weighted by Gasteiger charge is -2.40. The van der Waals surface area contributed by atoms with Crippen LogP contribution in [0.2, 0.25) is 0 Å². The summed E-state index contributed by atoms with van der Waals surface area (Å²) >= 11 is 0. The molecule has 21 heavy (non-hydrogen) atoms. The normalized spacial score (nSPS) is 20.6. The SMILES string of the molecule is CC.CC.CNC(=O)CN1CCC(N2CCCCC2)CC1. The summed E-state index contributed by atoms with van der Waals surface area (Å²) in [5, 5.41) is 2.70. The topological polar surface area (TPSA) is 35.6 Å². The molecular weight excluding hydrogens is 262 g/mol. The first kappa shape index (κ1) is 20.4. The molecule has 0 unspecified atom stereocenters. The molecule has 4 nitrogen and oxygen atoms in total. The molecule has 2 saturated heterocycles. The molecule has 0 spiro atoms. The number of amides is 1. The zero-order valence-electron chi connectivity index (χ0n) is 15.0. The highest BCUT2D eigenvalue weighted by Crippen LogP contribution is 2.20. The van der Waals surface area contributed by atoms with Crippen LogP contribution in [-0.2, 0) is 4.79 Å². The Labute approximate surface area is 132 Å². The van der Waals surface area contributed by atoms with E-state index in [9.17, 15) is 4.79 Å². The van der Waals surface area contributed by atoms with Crippen molar-refractivity contribution in [1.82, 2.24) is 15.1 Å². The van der Waals surface area contributed by atoms with E-state index in [4.69, 9.17) is 0 Å². The Balaban J connectivity index is 0.000000921. The van der Waals surface area contributed by atoms with Crippen LogP contribution in [0.4, 0.5) is 0 Å². The van der Waals surface area contributed by atoms with Crippen LogP contribution in [0.3, 0.4) is 0 Å². The number of nitrogens with zero attached hydrogens (tertiary/aromatic N) is 2. The van der Waals surface area contributed by atoms with Gasteiger partial charge >= 0.3 is 0 Å². The smallest absolute Gasteiger partial charge is 0.233 e.